The fourth-order valence-corrected chi connectivity index (χ4v) is 6.58. The number of thioether (sulfide) groups is 1. The first-order chi connectivity index (χ1) is 18.8. The third-order valence-corrected chi connectivity index (χ3v) is 9.51. The van der Waals surface area contributed by atoms with Gasteiger partial charge in [0.2, 0.25) is 10.0 Å². The summed E-state index contributed by atoms with van der Waals surface area (Å²) in [5, 5.41) is 11.0. The van der Waals surface area contributed by atoms with E-state index >= 15 is 0 Å². The monoisotopic (exact) mass is 568 g/mol. The number of carbonyl (C=O) groups is 1. The number of ether oxygens (including phenoxy) is 1. The molecule has 0 fully saturated rings. The summed E-state index contributed by atoms with van der Waals surface area (Å²) < 4.78 is 35.2. The van der Waals surface area contributed by atoms with Crippen LogP contribution in [0.4, 0.5) is 10.6 Å². The lowest BCUT2D eigenvalue weighted by molar-refractivity contribution is 0.140. The number of carbonyl (C=O) groups excluding carboxylic acids is 1. The highest BCUT2D eigenvalue weighted by Crippen LogP contribution is 2.36. The highest BCUT2D eigenvalue weighted by atomic mass is 32.3. The molecule has 4 heterocycles. The molecule has 0 spiro atoms. The number of nitrogens with zero attached hydrogens (tertiary/aromatic N) is 5. The summed E-state index contributed by atoms with van der Waals surface area (Å²) in [6.07, 6.45) is 9.39. The number of hydrogen-bond donors (Lipinski definition) is 3. The summed E-state index contributed by atoms with van der Waals surface area (Å²) in [6.45, 7) is 0.494. The molecule has 14 heteroatoms. The predicted octanol–water partition coefficient (Wildman–Crippen LogP) is 2.86. The number of allylic oxidation sites excluding steroid dienone is 1. The van der Waals surface area contributed by atoms with E-state index in [1.807, 2.05) is 60.2 Å². The summed E-state index contributed by atoms with van der Waals surface area (Å²) in [5.74, 6) is 0.482. The standard InChI is InChI=1S/C25H28N8O4S2/c1-26-39(35,36)22-9-8-21(38-22)31-23-24-28-13-20(18-12-29-32(2)14-18)33(24)15-19(30-23)10-11-27-25(34)37-16-17-6-4-3-5-7-17/h3-8,12-15,22,26H,9-11,16H2,1-2H3,(H,27,34)(H,30,31). The third-order valence-electron chi connectivity index (χ3n) is 6.03. The highest BCUT2D eigenvalue weighted by Gasteiger charge is 2.30. The molecule has 12 nitrogen and oxygen atoms in total. The van der Waals surface area contributed by atoms with Crippen molar-refractivity contribution in [3.8, 4) is 11.3 Å². The molecule has 4 aromatic rings. The first kappa shape index (κ1) is 26.7. The molecule has 0 radical (unpaired) electrons. The van der Waals surface area contributed by atoms with Crippen LogP contribution in [0.1, 0.15) is 17.7 Å². The Kier molecular flexibility index (Phi) is 7.86. The Bertz CT molecular complexity index is 1620. The second-order valence-electron chi connectivity index (χ2n) is 8.78. The van der Waals surface area contributed by atoms with Crippen molar-refractivity contribution in [1.29, 1.82) is 0 Å². The summed E-state index contributed by atoms with van der Waals surface area (Å²) in [6, 6.07) is 9.46. The van der Waals surface area contributed by atoms with E-state index in [0.717, 1.165) is 16.8 Å². The zero-order chi connectivity index (χ0) is 27.4. The molecule has 5 rings (SSSR count). The first-order valence-corrected chi connectivity index (χ1v) is 14.6. The summed E-state index contributed by atoms with van der Waals surface area (Å²) in [5.41, 5.74) is 3.88. The van der Waals surface area contributed by atoms with E-state index < -0.39 is 20.7 Å². The molecule has 1 aliphatic rings. The van der Waals surface area contributed by atoms with Gasteiger partial charge in [-0.2, -0.15) is 5.10 Å². The lowest BCUT2D eigenvalue weighted by atomic mass is 10.2. The van der Waals surface area contributed by atoms with E-state index in [1.54, 1.807) is 17.1 Å². The van der Waals surface area contributed by atoms with Crippen molar-refractivity contribution < 1.29 is 17.9 Å². The number of hydrogen-bond acceptors (Lipinski definition) is 9. The number of rotatable bonds is 10. The van der Waals surface area contributed by atoms with E-state index in [4.69, 9.17) is 9.72 Å². The van der Waals surface area contributed by atoms with Crippen molar-refractivity contribution in [2.75, 3.05) is 18.9 Å². The van der Waals surface area contributed by atoms with Crippen LogP contribution in [0.3, 0.4) is 0 Å². The molecule has 0 aliphatic carbocycles. The van der Waals surface area contributed by atoms with E-state index in [-0.39, 0.29) is 6.61 Å². The Morgan fingerprint density at radius 1 is 1.21 bits per heavy atom. The molecule has 3 aromatic heterocycles. The Hall–Kier alpha value is -3.88. The molecule has 1 amide bonds. The molecule has 39 heavy (non-hydrogen) atoms. The maximum absolute atomic E-state index is 12.3. The molecular formula is C25H28N8O4S2. The topological polar surface area (TPSA) is 145 Å². The van der Waals surface area contributed by atoms with E-state index in [1.165, 1.54) is 18.8 Å². The molecular weight excluding hydrogens is 540 g/mol. The van der Waals surface area contributed by atoms with E-state index in [9.17, 15) is 13.2 Å². The lowest BCUT2D eigenvalue weighted by Gasteiger charge is -2.13. The van der Waals surface area contributed by atoms with E-state index in [2.05, 4.69) is 25.4 Å². The molecule has 3 N–H and O–H groups in total. The fraction of sp³-hybridized carbons (Fsp3) is 0.280. The highest BCUT2D eigenvalue weighted by molar-refractivity contribution is 8.15. The van der Waals surface area contributed by atoms with Crippen LogP contribution in [0.5, 0.6) is 0 Å². The molecule has 204 valence electrons. The lowest BCUT2D eigenvalue weighted by Crippen LogP contribution is -2.28. The minimum Gasteiger partial charge on any atom is -0.445 e. The van der Waals surface area contributed by atoms with Gasteiger partial charge in [0.15, 0.2) is 11.5 Å². The molecule has 0 bridgehead atoms. The number of sulfonamides is 1. The molecule has 0 saturated heterocycles. The molecule has 1 aliphatic heterocycles. The van der Waals surface area contributed by atoms with Crippen molar-refractivity contribution in [2.24, 2.45) is 7.05 Å². The normalized spacial score (nSPS) is 15.3. The van der Waals surface area contributed by atoms with Gasteiger partial charge in [0.1, 0.15) is 11.2 Å². The van der Waals surface area contributed by atoms with Crippen LogP contribution in [0.15, 0.2) is 66.2 Å². The summed E-state index contributed by atoms with van der Waals surface area (Å²) in [4.78, 5) is 21.5. The maximum Gasteiger partial charge on any atom is 0.407 e. The van der Waals surface area contributed by atoms with Crippen LogP contribution in [-0.4, -0.2) is 56.8 Å². The van der Waals surface area contributed by atoms with Crippen molar-refractivity contribution in [3.05, 3.63) is 77.5 Å². The predicted molar refractivity (Wildman–Crippen MR) is 149 cm³/mol. The number of nitrogens with one attached hydrogen (secondary N) is 3. The fourth-order valence-electron chi connectivity index (χ4n) is 4.04. The average molecular weight is 569 g/mol. The first-order valence-electron chi connectivity index (χ1n) is 12.2. The summed E-state index contributed by atoms with van der Waals surface area (Å²) >= 11 is 1.22. The van der Waals surface area contributed by atoms with Crippen LogP contribution in [0.2, 0.25) is 0 Å². The minimum absolute atomic E-state index is 0.186. The number of benzene rings is 1. The quantitative estimate of drug-likeness (QED) is 0.263. The van der Waals surface area contributed by atoms with Crippen molar-refractivity contribution in [3.63, 3.8) is 0 Å². The largest absolute Gasteiger partial charge is 0.445 e. The second-order valence-corrected chi connectivity index (χ2v) is 12.4. The Morgan fingerprint density at radius 2 is 2.03 bits per heavy atom. The minimum atomic E-state index is -3.43. The van der Waals surface area contributed by atoms with Gasteiger partial charge < -0.3 is 15.4 Å². The van der Waals surface area contributed by atoms with Crippen LogP contribution >= 0.6 is 11.8 Å². The van der Waals surface area contributed by atoms with Gasteiger partial charge in [-0.15, -0.1) is 0 Å². The summed E-state index contributed by atoms with van der Waals surface area (Å²) in [7, 11) is -0.177. The molecule has 1 atom stereocenters. The van der Waals surface area contributed by atoms with Crippen LogP contribution in [0.25, 0.3) is 16.9 Å². The van der Waals surface area contributed by atoms with Gasteiger partial charge in [-0.25, -0.2) is 27.9 Å². The van der Waals surface area contributed by atoms with Crippen molar-refractivity contribution >= 4 is 39.3 Å². The van der Waals surface area contributed by atoms with Gasteiger partial charge in [-0.05, 0) is 19.0 Å². The zero-order valence-electron chi connectivity index (χ0n) is 21.4. The maximum atomic E-state index is 12.3. The third kappa shape index (κ3) is 6.24. The second kappa shape index (κ2) is 11.5. The number of imidazole rings is 1. The van der Waals surface area contributed by atoms with E-state index in [0.29, 0.717) is 41.6 Å². The Balaban J connectivity index is 1.33. The molecule has 1 unspecified atom stereocenters. The van der Waals surface area contributed by atoms with Crippen LogP contribution in [-0.2, 0) is 34.8 Å². The Labute approximate surface area is 229 Å². The zero-order valence-corrected chi connectivity index (χ0v) is 23.0. The van der Waals surface area contributed by atoms with Crippen molar-refractivity contribution in [2.45, 2.75) is 24.0 Å². The van der Waals surface area contributed by atoms with Gasteiger partial charge in [-0.1, -0.05) is 48.2 Å². The van der Waals surface area contributed by atoms with Gasteiger partial charge in [0.25, 0.3) is 0 Å². The number of amides is 1. The average Bonchev–Trinajstić information content (AvgIpc) is 3.68. The van der Waals surface area contributed by atoms with Gasteiger partial charge in [-0.3, -0.25) is 9.08 Å². The van der Waals surface area contributed by atoms with Crippen LogP contribution in [0, 0.1) is 0 Å². The number of fused-ring (bicyclic) bond motifs is 1. The molecule has 1 aromatic carbocycles. The van der Waals surface area contributed by atoms with Crippen molar-refractivity contribution in [1.82, 2.24) is 34.2 Å². The van der Waals surface area contributed by atoms with Crippen LogP contribution < -0.4 is 15.4 Å². The SMILES string of the molecule is CNS(=O)(=O)C1CC=C(Nc2nc(CCNC(=O)OCc3ccccc3)cn3c(-c4cnn(C)c4)cnc23)S1. The number of aryl methyl sites for hydroxylation is 1. The van der Waals surface area contributed by atoms with Gasteiger partial charge in [0, 0.05) is 38.0 Å². The number of aromatic nitrogens is 5. The van der Waals surface area contributed by atoms with Gasteiger partial charge >= 0.3 is 6.09 Å². The number of anilines is 1. The smallest absolute Gasteiger partial charge is 0.407 e. The van der Waals surface area contributed by atoms with Gasteiger partial charge in [0.05, 0.1) is 28.8 Å². The molecule has 0 saturated carbocycles. The number of alkyl carbamates (subject to hydrolysis) is 1. The Morgan fingerprint density at radius 3 is 2.77 bits per heavy atom.